The SMILES string of the molecule is c1ccc2c(-c3nc4ccc5[nH]ncc5c4c4c3CCCC4)cncc2c1. The molecule has 0 aliphatic heterocycles. The number of fused-ring (bicyclic) bond motifs is 6. The summed E-state index contributed by atoms with van der Waals surface area (Å²) >= 11 is 0. The highest BCUT2D eigenvalue weighted by atomic mass is 15.1. The lowest BCUT2D eigenvalue weighted by atomic mass is 9.85. The van der Waals surface area contributed by atoms with E-state index in [4.69, 9.17) is 4.98 Å². The molecule has 0 saturated heterocycles. The normalized spacial score (nSPS) is 14.1. The molecule has 0 radical (unpaired) electrons. The van der Waals surface area contributed by atoms with Crippen LogP contribution in [0.3, 0.4) is 0 Å². The van der Waals surface area contributed by atoms with Gasteiger partial charge in [-0.2, -0.15) is 5.10 Å². The third-order valence-corrected chi connectivity index (χ3v) is 5.81. The molecular formula is C23H18N4. The number of rotatable bonds is 1. The summed E-state index contributed by atoms with van der Waals surface area (Å²) in [7, 11) is 0. The summed E-state index contributed by atoms with van der Waals surface area (Å²) in [5, 5.41) is 12.2. The number of nitrogens with one attached hydrogen (secondary N) is 1. The molecule has 4 nitrogen and oxygen atoms in total. The summed E-state index contributed by atoms with van der Waals surface area (Å²) in [6, 6.07) is 12.6. The van der Waals surface area contributed by atoms with E-state index in [2.05, 4.69) is 51.6 Å². The summed E-state index contributed by atoms with van der Waals surface area (Å²) in [5.41, 5.74) is 7.20. The number of aromatic nitrogens is 4. The molecule has 0 fully saturated rings. The topological polar surface area (TPSA) is 54.5 Å². The first-order valence-corrected chi connectivity index (χ1v) is 9.51. The van der Waals surface area contributed by atoms with E-state index in [-0.39, 0.29) is 0 Å². The average molecular weight is 350 g/mol. The molecule has 0 bridgehead atoms. The summed E-state index contributed by atoms with van der Waals surface area (Å²) in [5.74, 6) is 0. The van der Waals surface area contributed by atoms with Gasteiger partial charge in [0, 0.05) is 34.1 Å². The highest BCUT2D eigenvalue weighted by molar-refractivity contribution is 6.08. The van der Waals surface area contributed by atoms with E-state index < -0.39 is 0 Å². The van der Waals surface area contributed by atoms with Crippen molar-refractivity contribution in [1.29, 1.82) is 0 Å². The number of pyridine rings is 2. The first-order chi connectivity index (χ1) is 13.4. The van der Waals surface area contributed by atoms with Gasteiger partial charge in [-0.25, -0.2) is 4.98 Å². The maximum Gasteiger partial charge on any atom is 0.0766 e. The molecule has 6 rings (SSSR count). The molecule has 3 heterocycles. The van der Waals surface area contributed by atoms with Crippen molar-refractivity contribution >= 4 is 32.6 Å². The monoisotopic (exact) mass is 350 g/mol. The lowest BCUT2D eigenvalue weighted by Crippen LogP contribution is -2.08. The lowest BCUT2D eigenvalue weighted by Gasteiger charge is -2.22. The van der Waals surface area contributed by atoms with Crippen molar-refractivity contribution in [3.63, 3.8) is 0 Å². The van der Waals surface area contributed by atoms with Crippen LogP contribution < -0.4 is 0 Å². The zero-order valence-electron chi connectivity index (χ0n) is 14.9. The van der Waals surface area contributed by atoms with Crippen molar-refractivity contribution in [2.75, 3.05) is 0 Å². The number of aryl methyl sites for hydroxylation is 1. The largest absolute Gasteiger partial charge is 0.278 e. The maximum atomic E-state index is 5.16. The van der Waals surface area contributed by atoms with Gasteiger partial charge in [-0.3, -0.25) is 10.1 Å². The van der Waals surface area contributed by atoms with Crippen LogP contribution in [0.2, 0.25) is 0 Å². The van der Waals surface area contributed by atoms with Gasteiger partial charge in [-0.15, -0.1) is 0 Å². The average Bonchev–Trinajstić information content (AvgIpc) is 3.21. The van der Waals surface area contributed by atoms with Crippen molar-refractivity contribution in [1.82, 2.24) is 20.2 Å². The Bertz CT molecular complexity index is 1330. The Morgan fingerprint density at radius 1 is 0.815 bits per heavy atom. The molecule has 0 spiro atoms. The van der Waals surface area contributed by atoms with Crippen molar-refractivity contribution in [2.24, 2.45) is 0 Å². The maximum absolute atomic E-state index is 5.16. The van der Waals surface area contributed by atoms with E-state index in [1.165, 1.54) is 40.1 Å². The molecule has 4 heteroatoms. The van der Waals surface area contributed by atoms with Crippen LogP contribution in [-0.4, -0.2) is 20.2 Å². The predicted molar refractivity (Wildman–Crippen MR) is 109 cm³/mol. The minimum atomic E-state index is 1.05. The molecule has 0 saturated carbocycles. The first-order valence-electron chi connectivity index (χ1n) is 9.51. The van der Waals surface area contributed by atoms with E-state index in [9.17, 15) is 0 Å². The Morgan fingerprint density at radius 3 is 2.67 bits per heavy atom. The summed E-state index contributed by atoms with van der Waals surface area (Å²) in [6.07, 6.45) is 10.5. The van der Waals surface area contributed by atoms with E-state index in [1.807, 2.05) is 18.6 Å². The summed E-state index contributed by atoms with van der Waals surface area (Å²) in [6.45, 7) is 0. The minimum Gasteiger partial charge on any atom is -0.278 e. The van der Waals surface area contributed by atoms with Gasteiger partial charge in [0.2, 0.25) is 0 Å². The minimum absolute atomic E-state index is 1.05. The highest BCUT2D eigenvalue weighted by Gasteiger charge is 2.22. The summed E-state index contributed by atoms with van der Waals surface area (Å²) in [4.78, 5) is 9.66. The predicted octanol–water partition coefficient (Wildman–Crippen LogP) is 5.21. The molecule has 0 unspecified atom stereocenters. The fraction of sp³-hybridized carbons (Fsp3) is 0.174. The molecule has 0 amide bonds. The lowest BCUT2D eigenvalue weighted by molar-refractivity contribution is 0.689. The van der Waals surface area contributed by atoms with E-state index >= 15 is 0 Å². The van der Waals surface area contributed by atoms with Crippen molar-refractivity contribution in [3.8, 4) is 11.3 Å². The zero-order chi connectivity index (χ0) is 17.8. The molecule has 130 valence electrons. The number of hydrogen-bond donors (Lipinski definition) is 1. The fourth-order valence-electron chi connectivity index (χ4n) is 4.57. The van der Waals surface area contributed by atoms with Gasteiger partial charge < -0.3 is 0 Å². The van der Waals surface area contributed by atoms with E-state index in [0.717, 1.165) is 40.5 Å². The van der Waals surface area contributed by atoms with Crippen molar-refractivity contribution in [2.45, 2.75) is 25.7 Å². The molecule has 1 aliphatic rings. The van der Waals surface area contributed by atoms with E-state index in [1.54, 1.807) is 0 Å². The Labute approximate surface area is 156 Å². The molecule has 5 aromatic rings. The molecule has 3 aromatic heterocycles. The van der Waals surface area contributed by atoms with Crippen LogP contribution in [0.25, 0.3) is 43.8 Å². The van der Waals surface area contributed by atoms with Gasteiger partial charge in [0.1, 0.15) is 0 Å². The Kier molecular flexibility index (Phi) is 3.09. The van der Waals surface area contributed by atoms with Gasteiger partial charge in [-0.1, -0.05) is 24.3 Å². The third-order valence-electron chi connectivity index (χ3n) is 5.81. The van der Waals surface area contributed by atoms with Crippen LogP contribution >= 0.6 is 0 Å². The second kappa shape index (κ2) is 5.61. The molecule has 0 atom stereocenters. The number of benzene rings is 2. The highest BCUT2D eigenvalue weighted by Crippen LogP contribution is 2.39. The van der Waals surface area contributed by atoms with Crippen LogP contribution in [0.4, 0.5) is 0 Å². The molecule has 1 aliphatic carbocycles. The Balaban J connectivity index is 1.76. The van der Waals surface area contributed by atoms with Gasteiger partial charge in [-0.05, 0) is 54.3 Å². The first kappa shape index (κ1) is 14.9. The second-order valence-corrected chi connectivity index (χ2v) is 7.32. The fourth-order valence-corrected chi connectivity index (χ4v) is 4.57. The number of H-pyrrole nitrogens is 1. The van der Waals surface area contributed by atoms with E-state index in [0.29, 0.717) is 0 Å². The quantitative estimate of drug-likeness (QED) is 0.452. The molecular weight excluding hydrogens is 332 g/mol. The molecule has 2 aromatic carbocycles. The number of aromatic amines is 1. The van der Waals surface area contributed by atoms with Crippen LogP contribution in [-0.2, 0) is 12.8 Å². The zero-order valence-corrected chi connectivity index (χ0v) is 14.9. The Hall–Kier alpha value is -3.27. The molecule has 27 heavy (non-hydrogen) atoms. The smallest absolute Gasteiger partial charge is 0.0766 e. The van der Waals surface area contributed by atoms with Crippen molar-refractivity contribution < 1.29 is 0 Å². The standard InChI is InChI=1S/C23H18N4/c1-2-6-15-14(5-1)11-24-12-18(15)23-17-8-4-3-7-16(17)22-19-13-25-27-20(19)9-10-21(22)26-23/h1-2,5-6,9-13H,3-4,7-8H2,(H,25,27). The van der Waals surface area contributed by atoms with Gasteiger partial charge in [0.25, 0.3) is 0 Å². The van der Waals surface area contributed by atoms with Crippen LogP contribution in [0.1, 0.15) is 24.0 Å². The third kappa shape index (κ3) is 2.13. The Morgan fingerprint density at radius 2 is 1.70 bits per heavy atom. The van der Waals surface area contributed by atoms with Crippen molar-refractivity contribution in [3.05, 3.63) is 66.1 Å². The van der Waals surface area contributed by atoms with Crippen LogP contribution in [0, 0.1) is 0 Å². The van der Waals surface area contributed by atoms with Gasteiger partial charge in [0.15, 0.2) is 0 Å². The number of hydrogen-bond acceptors (Lipinski definition) is 3. The van der Waals surface area contributed by atoms with Gasteiger partial charge in [0.05, 0.1) is 22.9 Å². The van der Waals surface area contributed by atoms with Crippen LogP contribution in [0.15, 0.2) is 55.0 Å². The summed E-state index contributed by atoms with van der Waals surface area (Å²) < 4.78 is 0. The molecule has 1 N–H and O–H groups in total. The van der Waals surface area contributed by atoms with Crippen LogP contribution in [0.5, 0.6) is 0 Å². The van der Waals surface area contributed by atoms with Gasteiger partial charge >= 0.3 is 0 Å². The number of nitrogens with zero attached hydrogens (tertiary/aromatic N) is 3. The second-order valence-electron chi connectivity index (χ2n) is 7.32.